The number of piperazine rings is 1. The first kappa shape index (κ1) is 17.2. The van der Waals surface area contributed by atoms with Gasteiger partial charge in [-0.05, 0) is 35.4 Å². The number of hydrogen-bond acceptors (Lipinski definition) is 7. The van der Waals surface area contributed by atoms with Crippen LogP contribution in [0.3, 0.4) is 0 Å². The maximum absolute atomic E-state index is 12.7. The third-order valence-corrected chi connectivity index (χ3v) is 4.42. The highest BCUT2D eigenvalue weighted by molar-refractivity contribution is 6.10. The predicted octanol–water partition coefficient (Wildman–Crippen LogP) is 2.54. The molecule has 0 aliphatic carbocycles. The molecule has 1 aliphatic rings. The number of nitrogens with zero attached hydrogens (tertiary/aromatic N) is 4. The maximum atomic E-state index is 12.7. The Bertz CT molecular complexity index is 778. The van der Waals surface area contributed by atoms with Gasteiger partial charge in [-0.2, -0.15) is 0 Å². The highest BCUT2D eigenvalue weighted by Crippen LogP contribution is 2.21. The molecular weight excluding hydrogens is 318 g/mol. The molecule has 3 rings (SSSR count). The third kappa shape index (κ3) is 3.71. The number of hydrogen-bond donors (Lipinski definition) is 1. The summed E-state index contributed by atoms with van der Waals surface area (Å²) in [6.07, 6.45) is 1.43. The van der Waals surface area contributed by atoms with Gasteiger partial charge in [0.2, 0.25) is 11.6 Å². The van der Waals surface area contributed by atoms with Gasteiger partial charge in [-0.15, -0.1) is 4.91 Å². The summed E-state index contributed by atoms with van der Waals surface area (Å²) in [6, 6.07) is 8.90. The van der Waals surface area contributed by atoms with Crippen molar-refractivity contribution in [2.75, 3.05) is 24.5 Å². The number of carbonyl (C=O) groups is 1. The van der Waals surface area contributed by atoms with Crippen molar-refractivity contribution < 1.29 is 4.79 Å². The zero-order valence-electron chi connectivity index (χ0n) is 14.3. The lowest BCUT2D eigenvalue weighted by Gasteiger charge is -2.36. The number of rotatable bonds is 5. The molecule has 1 N–H and O–H groups in total. The van der Waals surface area contributed by atoms with E-state index in [0.717, 1.165) is 25.5 Å². The smallest absolute Gasteiger partial charge is 0.215 e. The molecule has 3 heterocycles. The fourth-order valence-electron chi connectivity index (χ4n) is 2.94. The minimum absolute atomic E-state index is 0.109. The molecular formula is C18H21N5O2. The van der Waals surface area contributed by atoms with Crippen LogP contribution in [0, 0.1) is 10.8 Å². The van der Waals surface area contributed by atoms with Crippen LogP contribution in [-0.2, 0) is 0 Å². The second-order valence-corrected chi connectivity index (χ2v) is 6.43. The molecule has 1 saturated heterocycles. The second-order valence-electron chi connectivity index (χ2n) is 6.43. The van der Waals surface area contributed by atoms with E-state index in [0.29, 0.717) is 12.0 Å². The van der Waals surface area contributed by atoms with Crippen LogP contribution in [-0.4, -0.2) is 41.4 Å². The van der Waals surface area contributed by atoms with Gasteiger partial charge in [-0.1, -0.05) is 19.9 Å². The first-order valence-electron chi connectivity index (χ1n) is 8.38. The Labute approximate surface area is 146 Å². The molecule has 7 heteroatoms. The normalized spacial score (nSPS) is 17.6. The van der Waals surface area contributed by atoms with Crippen molar-refractivity contribution in [3.63, 3.8) is 0 Å². The van der Waals surface area contributed by atoms with Crippen LogP contribution in [0.5, 0.6) is 0 Å². The first-order valence-corrected chi connectivity index (χ1v) is 8.38. The van der Waals surface area contributed by atoms with E-state index in [-0.39, 0.29) is 22.9 Å². The maximum Gasteiger partial charge on any atom is 0.215 e. The average molecular weight is 339 g/mol. The highest BCUT2D eigenvalue weighted by atomic mass is 16.3. The summed E-state index contributed by atoms with van der Waals surface area (Å²) >= 11 is 0. The number of nitrogens with one attached hydrogen (secondary N) is 1. The molecule has 0 aromatic carbocycles. The predicted molar refractivity (Wildman–Crippen MR) is 96.2 cm³/mol. The van der Waals surface area contributed by atoms with Crippen molar-refractivity contribution in [3.8, 4) is 0 Å². The number of pyridine rings is 2. The van der Waals surface area contributed by atoms with Gasteiger partial charge in [0.1, 0.15) is 11.5 Å². The van der Waals surface area contributed by atoms with Crippen LogP contribution in [0.15, 0.2) is 41.7 Å². The molecule has 7 nitrogen and oxygen atoms in total. The van der Waals surface area contributed by atoms with E-state index in [9.17, 15) is 9.70 Å². The summed E-state index contributed by atoms with van der Waals surface area (Å²) < 4.78 is 0. The number of ketones is 1. The van der Waals surface area contributed by atoms with Crippen molar-refractivity contribution in [2.24, 2.45) is 11.1 Å². The largest absolute Gasteiger partial charge is 0.354 e. The van der Waals surface area contributed by atoms with E-state index in [4.69, 9.17) is 0 Å². The Hall–Kier alpha value is -2.67. The number of anilines is 1. The Kier molecular flexibility index (Phi) is 5.14. The minimum atomic E-state index is -0.347. The molecule has 25 heavy (non-hydrogen) atoms. The molecule has 0 saturated carbocycles. The van der Waals surface area contributed by atoms with Gasteiger partial charge in [-0.3, -0.25) is 4.79 Å². The van der Waals surface area contributed by atoms with Crippen molar-refractivity contribution in [1.29, 1.82) is 0 Å². The lowest BCUT2D eigenvalue weighted by molar-refractivity contribution is 0.103. The van der Waals surface area contributed by atoms with Crippen molar-refractivity contribution in [2.45, 2.75) is 19.9 Å². The molecule has 2 aromatic heterocycles. The lowest BCUT2D eigenvalue weighted by Crippen LogP contribution is -2.53. The van der Waals surface area contributed by atoms with Gasteiger partial charge in [0.25, 0.3) is 0 Å². The quantitative estimate of drug-likeness (QED) is 0.665. The van der Waals surface area contributed by atoms with Crippen LogP contribution < -0.4 is 10.2 Å². The monoisotopic (exact) mass is 339 g/mol. The second kappa shape index (κ2) is 7.48. The van der Waals surface area contributed by atoms with Gasteiger partial charge in [0.05, 0.1) is 5.56 Å². The molecule has 0 unspecified atom stereocenters. The molecule has 130 valence electrons. The van der Waals surface area contributed by atoms with Crippen LogP contribution in [0.1, 0.15) is 29.9 Å². The molecule has 0 radical (unpaired) electrons. The topological polar surface area (TPSA) is 87.6 Å². The Balaban J connectivity index is 1.86. The Morgan fingerprint density at radius 2 is 2.16 bits per heavy atom. The molecule has 0 amide bonds. The zero-order valence-corrected chi connectivity index (χ0v) is 14.3. The average Bonchev–Trinajstić information content (AvgIpc) is 2.67. The first-order chi connectivity index (χ1) is 12.1. The summed E-state index contributed by atoms with van der Waals surface area (Å²) in [5.41, 5.74) is 0.456. The SMILES string of the molecule is CC(C)[C@@H]1CN(c2cccc(C(=O)c3cccnc3N=O)n2)CCN1. The summed E-state index contributed by atoms with van der Waals surface area (Å²) in [5.74, 6) is 0.827. The van der Waals surface area contributed by atoms with Gasteiger partial charge >= 0.3 is 0 Å². The highest BCUT2D eigenvalue weighted by Gasteiger charge is 2.23. The van der Waals surface area contributed by atoms with Gasteiger partial charge in [0, 0.05) is 31.9 Å². The fourth-order valence-corrected chi connectivity index (χ4v) is 2.94. The van der Waals surface area contributed by atoms with E-state index in [1.807, 2.05) is 12.1 Å². The standard InChI is InChI=1S/C18H21N5O2/c1-12(2)15-11-23(10-9-19-15)16-7-3-6-14(21-16)17(24)13-5-4-8-20-18(13)22-25/h3-8,12,15,19H,9-11H2,1-2H3/t15-/m0/s1. The van der Waals surface area contributed by atoms with Crippen molar-refractivity contribution in [3.05, 3.63) is 52.7 Å². The fraction of sp³-hybridized carbons (Fsp3) is 0.389. The Morgan fingerprint density at radius 1 is 1.32 bits per heavy atom. The molecule has 1 fully saturated rings. The number of nitroso groups, excluding NO2 is 1. The van der Waals surface area contributed by atoms with Crippen LogP contribution >= 0.6 is 0 Å². The van der Waals surface area contributed by atoms with E-state index in [1.54, 1.807) is 18.2 Å². The molecule has 0 bridgehead atoms. The Morgan fingerprint density at radius 3 is 2.92 bits per heavy atom. The summed E-state index contributed by atoms with van der Waals surface area (Å²) in [6.45, 7) is 6.93. The van der Waals surface area contributed by atoms with Gasteiger partial charge < -0.3 is 10.2 Å². The molecule has 0 spiro atoms. The summed E-state index contributed by atoms with van der Waals surface area (Å²) in [7, 11) is 0. The van der Waals surface area contributed by atoms with Crippen LogP contribution in [0.25, 0.3) is 0 Å². The van der Waals surface area contributed by atoms with Gasteiger partial charge in [0.15, 0.2) is 0 Å². The van der Waals surface area contributed by atoms with E-state index < -0.39 is 0 Å². The van der Waals surface area contributed by atoms with Crippen LogP contribution in [0.4, 0.5) is 11.6 Å². The summed E-state index contributed by atoms with van der Waals surface area (Å²) in [4.78, 5) is 34.1. The molecule has 1 aliphatic heterocycles. The zero-order chi connectivity index (χ0) is 17.8. The van der Waals surface area contributed by atoms with E-state index in [2.05, 4.69) is 39.2 Å². The van der Waals surface area contributed by atoms with Gasteiger partial charge in [-0.25, -0.2) is 9.97 Å². The third-order valence-electron chi connectivity index (χ3n) is 4.42. The van der Waals surface area contributed by atoms with Crippen molar-refractivity contribution >= 4 is 17.4 Å². The van der Waals surface area contributed by atoms with Crippen molar-refractivity contribution in [1.82, 2.24) is 15.3 Å². The van der Waals surface area contributed by atoms with Crippen LogP contribution in [0.2, 0.25) is 0 Å². The number of aromatic nitrogens is 2. The molecule has 1 atom stereocenters. The minimum Gasteiger partial charge on any atom is -0.354 e. The van der Waals surface area contributed by atoms with E-state index >= 15 is 0 Å². The molecule has 2 aromatic rings. The lowest BCUT2D eigenvalue weighted by atomic mass is 10.0. The van der Waals surface area contributed by atoms with E-state index in [1.165, 1.54) is 6.20 Å². The summed E-state index contributed by atoms with van der Waals surface area (Å²) in [5, 5.41) is 6.34. The number of carbonyl (C=O) groups excluding carboxylic acids is 1.